The average Bonchev–Trinajstić information content (AvgIpc) is 2.77. The Morgan fingerprint density at radius 3 is 2.41 bits per heavy atom. The van der Waals surface area contributed by atoms with E-state index in [0.29, 0.717) is 32.1 Å². The number of hydrogen-bond donors (Lipinski definition) is 1. The minimum absolute atomic E-state index is 0.0517. The van der Waals surface area contributed by atoms with E-state index in [1.165, 1.54) is 41.8 Å². The standard InChI is InChI=1S/C22H33N3O3S/c1-19(22(26)23-18-21-10-6-3-7-11-21)24-13-15-25(16-14-24)29(27,28)17-12-20-8-4-2-5-9-20/h2,4-5,8-9,12,17,19,21H,3,6-7,10-11,13-16,18H2,1H3,(H,23,26). The largest absolute Gasteiger partial charge is 0.354 e. The lowest BCUT2D eigenvalue weighted by atomic mass is 9.89. The number of piperazine rings is 1. The highest BCUT2D eigenvalue weighted by Crippen LogP contribution is 2.22. The molecule has 2 fully saturated rings. The summed E-state index contributed by atoms with van der Waals surface area (Å²) in [4.78, 5) is 14.6. The molecule has 1 amide bonds. The van der Waals surface area contributed by atoms with Crippen molar-refractivity contribution in [3.05, 3.63) is 41.3 Å². The van der Waals surface area contributed by atoms with E-state index < -0.39 is 10.0 Å². The van der Waals surface area contributed by atoms with E-state index in [1.54, 1.807) is 6.08 Å². The van der Waals surface area contributed by atoms with Crippen LogP contribution in [0.25, 0.3) is 6.08 Å². The number of nitrogens with zero attached hydrogens (tertiary/aromatic N) is 2. The summed E-state index contributed by atoms with van der Waals surface area (Å²) < 4.78 is 26.7. The van der Waals surface area contributed by atoms with Gasteiger partial charge in [0.15, 0.2) is 0 Å². The summed E-state index contributed by atoms with van der Waals surface area (Å²) in [6, 6.07) is 9.17. The Bertz CT molecular complexity index is 781. The van der Waals surface area contributed by atoms with Crippen LogP contribution >= 0.6 is 0 Å². The van der Waals surface area contributed by atoms with Crippen molar-refractivity contribution in [2.75, 3.05) is 32.7 Å². The molecule has 0 aromatic heterocycles. The lowest BCUT2D eigenvalue weighted by Crippen LogP contribution is -2.54. The van der Waals surface area contributed by atoms with Crippen LogP contribution < -0.4 is 5.32 Å². The van der Waals surface area contributed by atoms with Gasteiger partial charge in [-0.1, -0.05) is 49.6 Å². The van der Waals surface area contributed by atoms with Crippen LogP contribution in [0.15, 0.2) is 35.7 Å². The zero-order valence-corrected chi connectivity index (χ0v) is 18.1. The third-order valence-electron chi connectivity index (χ3n) is 6.08. The molecule has 0 spiro atoms. The predicted octanol–water partition coefficient (Wildman–Crippen LogP) is 2.69. The van der Waals surface area contributed by atoms with E-state index in [0.717, 1.165) is 12.1 Å². The van der Waals surface area contributed by atoms with Gasteiger partial charge in [-0.2, -0.15) is 4.31 Å². The Labute approximate surface area is 175 Å². The number of sulfonamides is 1. The minimum atomic E-state index is -3.45. The van der Waals surface area contributed by atoms with Crippen LogP contribution in [-0.2, 0) is 14.8 Å². The molecule has 3 rings (SSSR count). The molecule has 0 bridgehead atoms. The summed E-state index contributed by atoms with van der Waals surface area (Å²) in [5.41, 5.74) is 0.859. The second-order valence-corrected chi connectivity index (χ2v) is 9.94. The Kier molecular flexibility index (Phi) is 7.86. The number of nitrogens with one attached hydrogen (secondary N) is 1. The normalized spacial score (nSPS) is 21.3. The maximum absolute atomic E-state index is 12.6. The number of rotatable bonds is 7. The monoisotopic (exact) mass is 419 g/mol. The summed E-state index contributed by atoms with van der Waals surface area (Å²) in [7, 11) is -3.45. The van der Waals surface area contributed by atoms with Gasteiger partial charge in [0.25, 0.3) is 0 Å². The molecule has 29 heavy (non-hydrogen) atoms. The van der Waals surface area contributed by atoms with Gasteiger partial charge in [-0.3, -0.25) is 9.69 Å². The molecule has 7 heteroatoms. The highest BCUT2D eigenvalue weighted by atomic mass is 32.2. The highest BCUT2D eigenvalue weighted by molar-refractivity contribution is 7.92. The van der Waals surface area contributed by atoms with E-state index in [1.807, 2.05) is 37.3 Å². The van der Waals surface area contributed by atoms with E-state index in [2.05, 4.69) is 10.2 Å². The number of hydrogen-bond acceptors (Lipinski definition) is 4. The van der Waals surface area contributed by atoms with E-state index in [9.17, 15) is 13.2 Å². The highest BCUT2D eigenvalue weighted by Gasteiger charge is 2.30. The summed E-state index contributed by atoms with van der Waals surface area (Å²) in [6.07, 6.45) is 7.90. The fourth-order valence-corrected chi connectivity index (χ4v) is 5.28. The van der Waals surface area contributed by atoms with Crippen LogP contribution in [0.2, 0.25) is 0 Å². The molecular formula is C22H33N3O3S. The molecule has 1 aromatic carbocycles. The fraction of sp³-hybridized carbons (Fsp3) is 0.591. The topological polar surface area (TPSA) is 69.7 Å². The van der Waals surface area contributed by atoms with Gasteiger partial charge in [-0.05, 0) is 37.3 Å². The molecular weight excluding hydrogens is 386 g/mol. The van der Waals surface area contributed by atoms with Crippen molar-refractivity contribution in [1.29, 1.82) is 0 Å². The van der Waals surface area contributed by atoms with Crippen molar-refractivity contribution in [2.45, 2.75) is 45.1 Å². The van der Waals surface area contributed by atoms with Crippen molar-refractivity contribution in [3.8, 4) is 0 Å². The van der Waals surface area contributed by atoms with Crippen molar-refractivity contribution < 1.29 is 13.2 Å². The van der Waals surface area contributed by atoms with Crippen LogP contribution in [0.3, 0.4) is 0 Å². The molecule has 2 aliphatic rings. The molecule has 1 saturated heterocycles. The molecule has 1 aromatic rings. The van der Waals surface area contributed by atoms with Gasteiger partial charge in [-0.15, -0.1) is 0 Å². The zero-order chi connectivity index (χ0) is 20.7. The molecule has 1 aliphatic heterocycles. The second kappa shape index (κ2) is 10.4. The van der Waals surface area contributed by atoms with Crippen LogP contribution in [0.5, 0.6) is 0 Å². The van der Waals surface area contributed by atoms with Gasteiger partial charge in [0.05, 0.1) is 6.04 Å². The summed E-state index contributed by atoms with van der Waals surface area (Å²) in [5.74, 6) is 0.661. The van der Waals surface area contributed by atoms with E-state index >= 15 is 0 Å². The quantitative estimate of drug-likeness (QED) is 0.738. The van der Waals surface area contributed by atoms with Crippen molar-refractivity contribution in [3.63, 3.8) is 0 Å². The zero-order valence-electron chi connectivity index (χ0n) is 17.3. The Balaban J connectivity index is 1.46. The molecule has 1 unspecified atom stereocenters. The van der Waals surface area contributed by atoms with Crippen LogP contribution in [0.1, 0.15) is 44.6 Å². The first-order valence-corrected chi connectivity index (χ1v) is 12.2. The maximum Gasteiger partial charge on any atom is 0.237 e. The molecule has 6 nitrogen and oxygen atoms in total. The lowest BCUT2D eigenvalue weighted by molar-refractivity contribution is -0.126. The van der Waals surface area contributed by atoms with Gasteiger partial charge < -0.3 is 5.32 Å². The van der Waals surface area contributed by atoms with E-state index in [-0.39, 0.29) is 11.9 Å². The minimum Gasteiger partial charge on any atom is -0.354 e. The summed E-state index contributed by atoms with van der Waals surface area (Å²) in [6.45, 7) is 4.62. The SMILES string of the molecule is CC(C(=O)NCC1CCCCC1)N1CCN(S(=O)(=O)C=Cc2ccccc2)CC1. The first-order chi connectivity index (χ1) is 14.0. The Hall–Kier alpha value is -1.70. The van der Waals surface area contributed by atoms with Gasteiger partial charge >= 0.3 is 0 Å². The van der Waals surface area contributed by atoms with Crippen molar-refractivity contribution in [2.24, 2.45) is 5.92 Å². The molecule has 1 atom stereocenters. The predicted molar refractivity (Wildman–Crippen MR) is 117 cm³/mol. The van der Waals surface area contributed by atoms with Crippen LogP contribution in [0, 0.1) is 5.92 Å². The smallest absolute Gasteiger partial charge is 0.237 e. The van der Waals surface area contributed by atoms with Crippen molar-refractivity contribution in [1.82, 2.24) is 14.5 Å². The van der Waals surface area contributed by atoms with Crippen LogP contribution in [0.4, 0.5) is 0 Å². The third kappa shape index (κ3) is 6.39. The van der Waals surface area contributed by atoms with Gasteiger partial charge in [-0.25, -0.2) is 8.42 Å². The summed E-state index contributed by atoms with van der Waals surface area (Å²) >= 11 is 0. The molecule has 0 radical (unpaired) electrons. The number of benzene rings is 1. The fourth-order valence-electron chi connectivity index (χ4n) is 4.11. The van der Waals surface area contributed by atoms with Crippen LogP contribution in [-0.4, -0.2) is 62.3 Å². The maximum atomic E-state index is 12.6. The van der Waals surface area contributed by atoms with Gasteiger partial charge in [0.2, 0.25) is 15.9 Å². The molecule has 1 heterocycles. The number of carbonyl (C=O) groups is 1. The molecule has 1 aliphatic carbocycles. The lowest BCUT2D eigenvalue weighted by Gasteiger charge is -2.36. The second-order valence-electron chi connectivity index (χ2n) is 8.12. The molecule has 1 saturated carbocycles. The first-order valence-electron chi connectivity index (χ1n) is 10.7. The Morgan fingerprint density at radius 2 is 1.76 bits per heavy atom. The third-order valence-corrected chi connectivity index (χ3v) is 7.65. The summed E-state index contributed by atoms with van der Waals surface area (Å²) in [5, 5.41) is 4.38. The van der Waals surface area contributed by atoms with E-state index in [4.69, 9.17) is 0 Å². The Morgan fingerprint density at radius 1 is 1.10 bits per heavy atom. The van der Waals surface area contributed by atoms with Gasteiger partial charge in [0.1, 0.15) is 0 Å². The molecule has 1 N–H and O–H groups in total. The number of carbonyl (C=O) groups excluding carboxylic acids is 1. The average molecular weight is 420 g/mol. The first kappa shape index (κ1) is 22.0. The van der Waals surface area contributed by atoms with Gasteiger partial charge in [0, 0.05) is 38.1 Å². The number of amides is 1. The van der Waals surface area contributed by atoms with Crippen molar-refractivity contribution >= 4 is 22.0 Å². The molecule has 160 valence electrons.